The molecule has 1 N–H and O–H groups in total. The molecule has 1 aromatic heterocycles. The summed E-state index contributed by atoms with van der Waals surface area (Å²) in [5.41, 5.74) is 2.60. The third-order valence-corrected chi connectivity index (χ3v) is 5.28. The van der Waals surface area contributed by atoms with Crippen LogP contribution in [-0.2, 0) is 5.75 Å². The van der Waals surface area contributed by atoms with Gasteiger partial charge in [-0.1, -0.05) is 28.7 Å². The van der Waals surface area contributed by atoms with Crippen LogP contribution in [0.3, 0.4) is 0 Å². The molecule has 0 bridgehead atoms. The summed E-state index contributed by atoms with van der Waals surface area (Å²) in [7, 11) is 3.92. The maximum atomic E-state index is 12.1. The minimum Gasteiger partial charge on any atom is -0.378 e. The second-order valence-corrected chi connectivity index (χ2v) is 7.37. The van der Waals surface area contributed by atoms with Crippen molar-refractivity contribution in [1.29, 1.82) is 0 Å². The topological polar surface area (TPSA) is 53.2 Å². The molecule has 0 saturated carbocycles. The fraction of sp³-hybridized carbons (Fsp3) is 0.375. The number of nitrogens with one attached hydrogen (secondary N) is 1. The number of aromatic amines is 1. The lowest BCUT2D eigenvalue weighted by Crippen LogP contribution is -2.16. The SMILES string of the molecule is CN(C)c1ccc2c(CSCCCI)c(C=O)c(=O)[nH]c2c1. The Kier molecular flexibility index (Phi) is 6.31. The minimum atomic E-state index is -0.303. The van der Waals surface area contributed by atoms with Gasteiger partial charge in [-0.05, 0) is 29.9 Å². The number of hydrogen-bond acceptors (Lipinski definition) is 4. The van der Waals surface area contributed by atoms with Gasteiger partial charge in [-0.3, -0.25) is 9.59 Å². The number of rotatable bonds is 7. The van der Waals surface area contributed by atoms with Crippen LogP contribution < -0.4 is 10.5 Å². The molecule has 0 fully saturated rings. The van der Waals surface area contributed by atoms with Gasteiger partial charge in [0.1, 0.15) is 0 Å². The van der Waals surface area contributed by atoms with Crippen molar-refractivity contribution < 1.29 is 4.79 Å². The van der Waals surface area contributed by atoms with Crippen LogP contribution >= 0.6 is 34.4 Å². The number of alkyl halides is 1. The molecule has 2 rings (SSSR count). The number of hydrogen-bond donors (Lipinski definition) is 1. The van der Waals surface area contributed by atoms with Gasteiger partial charge in [-0.15, -0.1) is 0 Å². The second kappa shape index (κ2) is 8.01. The normalized spacial score (nSPS) is 10.9. The monoisotopic (exact) mass is 430 g/mol. The lowest BCUT2D eigenvalue weighted by molar-refractivity contribution is 0.112. The predicted molar refractivity (Wildman–Crippen MR) is 104 cm³/mol. The highest BCUT2D eigenvalue weighted by molar-refractivity contribution is 14.1. The van der Waals surface area contributed by atoms with E-state index in [1.165, 1.54) is 0 Å². The van der Waals surface area contributed by atoms with Crippen LogP contribution in [0.1, 0.15) is 22.3 Å². The third kappa shape index (κ3) is 3.84. The van der Waals surface area contributed by atoms with Crippen molar-refractivity contribution >= 4 is 57.2 Å². The van der Waals surface area contributed by atoms with Gasteiger partial charge in [0, 0.05) is 35.3 Å². The third-order valence-electron chi connectivity index (χ3n) is 3.45. The molecule has 4 nitrogen and oxygen atoms in total. The first-order valence-electron chi connectivity index (χ1n) is 7.03. The summed E-state index contributed by atoms with van der Waals surface area (Å²) in [5.74, 6) is 1.72. The lowest BCUT2D eigenvalue weighted by Gasteiger charge is -2.15. The van der Waals surface area contributed by atoms with Crippen LogP contribution in [0.2, 0.25) is 0 Å². The van der Waals surface area contributed by atoms with Crippen molar-refractivity contribution in [3.8, 4) is 0 Å². The van der Waals surface area contributed by atoms with Crippen LogP contribution in [0.15, 0.2) is 23.0 Å². The number of nitrogens with zero attached hydrogens (tertiary/aromatic N) is 1. The zero-order chi connectivity index (χ0) is 16.1. The number of carbonyl (C=O) groups excluding carboxylic acids is 1. The fourth-order valence-corrected chi connectivity index (χ4v) is 4.17. The van der Waals surface area contributed by atoms with E-state index in [-0.39, 0.29) is 11.1 Å². The first kappa shape index (κ1) is 17.3. The van der Waals surface area contributed by atoms with E-state index in [1.54, 1.807) is 11.8 Å². The van der Waals surface area contributed by atoms with Crippen LogP contribution in [-0.4, -0.2) is 35.5 Å². The summed E-state index contributed by atoms with van der Waals surface area (Å²) in [6.07, 6.45) is 1.81. The summed E-state index contributed by atoms with van der Waals surface area (Å²) < 4.78 is 1.12. The van der Waals surface area contributed by atoms with Gasteiger partial charge in [0.15, 0.2) is 6.29 Å². The summed E-state index contributed by atoms with van der Waals surface area (Å²) in [6, 6.07) is 5.94. The molecule has 0 amide bonds. The maximum Gasteiger partial charge on any atom is 0.259 e. The molecule has 1 heterocycles. The molecule has 22 heavy (non-hydrogen) atoms. The van der Waals surface area contributed by atoms with E-state index in [9.17, 15) is 9.59 Å². The highest BCUT2D eigenvalue weighted by Crippen LogP contribution is 2.26. The predicted octanol–water partition coefficient (Wildman–Crippen LogP) is 3.46. The molecule has 0 atom stereocenters. The Bertz CT molecular complexity index is 728. The molecule has 0 radical (unpaired) electrons. The molecule has 0 aliphatic heterocycles. The van der Waals surface area contributed by atoms with E-state index in [1.807, 2.05) is 37.2 Å². The van der Waals surface area contributed by atoms with Gasteiger partial charge < -0.3 is 9.88 Å². The molecule has 0 saturated heterocycles. The average Bonchev–Trinajstić information content (AvgIpc) is 2.50. The van der Waals surface area contributed by atoms with Gasteiger partial charge in [0.25, 0.3) is 5.56 Å². The van der Waals surface area contributed by atoms with Gasteiger partial charge in [-0.25, -0.2) is 0 Å². The molecule has 0 spiro atoms. The number of aromatic nitrogens is 1. The van der Waals surface area contributed by atoms with Gasteiger partial charge >= 0.3 is 0 Å². The van der Waals surface area contributed by atoms with Gasteiger partial charge in [0.2, 0.25) is 0 Å². The van der Waals surface area contributed by atoms with E-state index in [2.05, 4.69) is 27.6 Å². The molecular weight excluding hydrogens is 411 g/mol. The second-order valence-electron chi connectivity index (χ2n) is 5.18. The van der Waals surface area contributed by atoms with Crippen LogP contribution in [0.4, 0.5) is 5.69 Å². The van der Waals surface area contributed by atoms with Crippen molar-refractivity contribution in [3.05, 3.63) is 39.7 Å². The summed E-state index contributed by atoms with van der Waals surface area (Å²) in [5, 5.41) is 0.953. The van der Waals surface area contributed by atoms with Crippen molar-refractivity contribution in [2.45, 2.75) is 12.2 Å². The van der Waals surface area contributed by atoms with Crippen molar-refractivity contribution in [2.75, 3.05) is 29.2 Å². The number of thioether (sulfide) groups is 1. The van der Waals surface area contributed by atoms with E-state index in [0.717, 1.165) is 38.8 Å². The van der Waals surface area contributed by atoms with Crippen molar-refractivity contribution in [1.82, 2.24) is 4.98 Å². The molecule has 2 aromatic rings. The molecule has 1 aromatic carbocycles. The fourth-order valence-electron chi connectivity index (χ4n) is 2.26. The Morgan fingerprint density at radius 1 is 1.36 bits per heavy atom. The molecular formula is C16H19IN2O2S. The van der Waals surface area contributed by atoms with E-state index in [0.29, 0.717) is 12.0 Å². The molecule has 6 heteroatoms. The Morgan fingerprint density at radius 3 is 2.77 bits per heavy atom. The molecule has 0 aliphatic rings. The molecule has 0 aliphatic carbocycles. The zero-order valence-corrected chi connectivity index (χ0v) is 15.7. The number of aldehydes is 1. The molecule has 0 unspecified atom stereocenters. The summed E-state index contributed by atoms with van der Waals surface area (Å²) >= 11 is 4.12. The van der Waals surface area contributed by atoms with Crippen molar-refractivity contribution in [3.63, 3.8) is 0 Å². The zero-order valence-electron chi connectivity index (χ0n) is 12.7. The number of H-pyrrole nitrogens is 1. The number of pyridine rings is 1. The van der Waals surface area contributed by atoms with Crippen molar-refractivity contribution in [2.24, 2.45) is 0 Å². The number of fused-ring (bicyclic) bond motifs is 1. The highest BCUT2D eigenvalue weighted by atomic mass is 127. The Hall–Kier alpha value is -1.02. The Balaban J connectivity index is 2.49. The molecule has 118 valence electrons. The van der Waals surface area contributed by atoms with E-state index in [4.69, 9.17) is 0 Å². The standard InChI is InChI=1S/C16H19IN2O2S/c1-19(2)11-4-5-12-14(10-22-7-3-6-17)13(9-20)16(21)18-15(12)8-11/h4-5,8-9H,3,6-7,10H2,1-2H3,(H,18,21). The Labute approximate surface area is 147 Å². The summed E-state index contributed by atoms with van der Waals surface area (Å²) in [4.78, 5) is 28.3. The average molecular weight is 430 g/mol. The van der Waals surface area contributed by atoms with Gasteiger partial charge in [0.05, 0.1) is 11.1 Å². The van der Waals surface area contributed by atoms with Crippen LogP contribution in [0.25, 0.3) is 10.9 Å². The smallest absolute Gasteiger partial charge is 0.259 e. The minimum absolute atomic E-state index is 0.257. The quantitative estimate of drug-likeness (QED) is 0.317. The van der Waals surface area contributed by atoms with Crippen LogP contribution in [0, 0.1) is 0 Å². The first-order chi connectivity index (χ1) is 10.6. The highest BCUT2D eigenvalue weighted by Gasteiger charge is 2.13. The van der Waals surface area contributed by atoms with Gasteiger partial charge in [-0.2, -0.15) is 11.8 Å². The number of benzene rings is 1. The largest absolute Gasteiger partial charge is 0.378 e. The van der Waals surface area contributed by atoms with Crippen LogP contribution in [0.5, 0.6) is 0 Å². The number of halogens is 1. The lowest BCUT2D eigenvalue weighted by atomic mass is 10.0. The summed E-state index contributed by atoms with van der Waals surface area (Å²) in [6.45, 7) is 0. The van der Waals surface area contributed by atoms with E-state index < -0.39 is 0 Å². The maximum absolute atomic E-state index is 12.1. The number of anilines is 1. The first-order valence-corrected chi connectivity index (χ1v) is 9.71. The number of carbonyl (C=O) groups is 1. The van der Waals surface area contributed by atoms with E-state index >= 15 is 0 Å². The Morgan fingerprint density at radius 2 is 2.14 bits per heavy atom.